The molecule has 2 heterocycles. The Morgan fingerprint density at radius 3 is 2.57 bits per heavy atom. The van der Waals surface area contributed by atoms with Crippen LogP contribution < -0.4 is 20.5 Å². The third kappa shape index (κ3) is 3.20. The Morgan fingerprint density at radius 1 is 1.11 bits per heavy atom. The smallest absolute Gasteiger partial charge is 0.350 e. The second kappa shape index (κ2) is 7.20. The van der Waals surface area contributed by atoms with Crippen molar-refractivity contribution < 1.29 is 9.47 Å². The van der Waals surface area contributed by atoms with Crippen molar-refractivity contribution in [1.82, 2.24) is 9.55 Å². The largest absolute Gasteiger partial charge is 0.493 e. The first-order chi connectivity index (χ1) is 13.5. The number of hydrogen-bond donors (Lipinski definition) is 1. The van der Waals surface area contributed by atoms with Crippen LogP contribution in [0.5, 0.6) is 11.5 Å². The van der Waals surface area contributed by atoms with Crippen molar-refractivity contribution in [2.75, 3.05) is 19.5 Å². The predicted octanol–water partition coefficient (Wildman–Crippen LogP) is 4.19. The lowest BCUT2D eigenvalue weighted by Gasteiger charge is -2.23. The lowest BCUT2D eigenvalue weighted by atomic mass is 9.97. The molecule has 0 fully saturated rings. The van der Waals surface area contributed by atoms with Crippen LogP contribution in [0.1, 0.15) is 11.1 Å². The maximum Gasteiger partial charge on any atom is 0.350 e. The second-order valence-corrected chi connectivity index (χ2v) is 7.07. The first kappa shape index (κ1) is 18.4. The quantitative estimate of drug-likeness (QED) is 0.715. The van der Waals surface area contributed by atoms with Crippen LogP contribution in [-0.2, 0) is 13.0 Å². The number of fused-ring (bicyclic) bond motifs is 3. The molecule has 0 amide bonds. The number of anilines is 2. The average Bonchev–Trinajstić information content (AvgIpc) is 2.69. The number of methoxy groups -OCH3 is 2. The number of hydrogen-bond acceptors (Lipinski definition) is 5. The predicted molar refractivity (Wildman–Crippen MR) is 110 cm³/mol. The summed E-state index contributed by atoms with van der Waals surface area (Å²) < 4.78 is 12.5. The van der Waals surface area contributed by atoms with Gasteiger partial charge < -0.3 is 14.8 Å². The van der Waals surface area contributed by atoms with Gasteiger partial charge in [-0.3, -0.25) is 4.57 Å². The molecule has 28 heavy (non-hydrogen) atoms. The highest BCUT2D eigenvalue weighted by molar-refractivity contribution is 6.31. The van der Waals surface area contributed by atoms with Crippen LogP contribution in [0, 0.1) is 6.92 Å². The van der Waals surface area contributed by atoms with E-state index < -0.39 is 0 Å². The molecular formula is C21H20ClN3O3. The van der Waals surface area contributed by atoms with E-state index in [1.54, 1.807) is 18.8 Å². The number of rotatable bonds is 4. The van der Waals surface area contributed by atoms with Gasteiger partial charge in [-0.15, -0.1) is 0 Å². The number of nitrogens with zero attached hydrogens (tertiary/aromatic N) is 2. The molecule has 144 valence electrons. The van der Waals surface area contributed by atoms with E-state index in [0.29, 0.717) is 28.9 Å². The molecule has 0 bridgehead atoms. The lowest BCUT2D eigenvalue weighted by molar-refractivity contribution is 0.354. The summed E-state index contributed by atoms with van der Waals surface area (Å²) in [6.07, 6.45) is 0.727. The highest BCUT2D eigenvalue weighted by Crippen LogP contribution is 2.38. The van der Waals surface area contributed by atoms with Crippen molar-refractivity contribution in [2.24, 2.45) is 0 Å². The van der Waals surface area contributed by atoms with Gasteiger partial charge in [0.05, 0.1) is 19.9 Å². The summed E-state index contributed by atoms with van der Waals surface area (Å²) in [4.78, 5) is 16.8. The van der Waals surface area contributed by atoms with Crippen molar-refractivity contribution in [1.29, 1.82) is 0 Å². The van der Waals surface area contributed by atoms with Crippen LogP contribution in [0.25, 0.3) is 11.3 Å². The highest BCUT2D eigenvalue weighted by Gasteiger charge is 2.21. The van der Waals surface area contributed by atoms with Gasteiger partial charge in [0, 0.05) is 28.9 Å². The minimum Gasteiger partial charge on any atom is -0.493 e. The third-order valence-corrected chi connectivity index (χ3v) is 5.35. The topological polar surface area (TPSA) is 65.4 Å². The summed E-state index contributed by atoms with van der Waals surface area (Å²) in [5, 5.41) is 3.83. The van der Waals surface area contributed by atoms with E-state index >= 15 is 0 Å². The molecule has 0 saturated carbocycles. The normalized spacial score (nSPS) is 12.1. The summed E-state index contributed by atoms with van der Waals surface area (Å²) >= 11 is 6.20. The molecule has 1 aliphatic rings. The summed E-state index contributed by atoms with van der Waals surface area (Å²) in [6.45, 7) is 2.51. The van der Waals surface area contributed by atoms with Gasteiger partial charge in [0.1, 0.15) is 5.82 Å². The number of ether oxygens (including phenoxy) is 2. The molecule has 0 atom stereocenters. The monoisotopic (exact) mass is 397 g/mol. The fourth-order valence-electron chi connectivity index (χ4n) is 3.43. The molecule has 0 unspecified atom stereocenters. The Kier molecular flexibility index (Phi) is 4.73. The zero-order valence-electron chi connectivity index (χ0n) is 15.9. The van der Waals surface area contributed by atoms with Crippen molar-refractivity contribution in [3.63, 3.8) is 0 Å². The maximum atomic E-state index is 12.6. The van der Waals surface area contributed by atoms with E-state index in [1.165, 1.54) is 0 Å². The molecule has 0 spiro atoms. The molecule has 6 nitrogen and oxygen atoms in total. The SMILES string of the molecule is COc1cc2c(cc1OC)-c1cc(Nc3ccc(C)c(Cl)c3)nc(=O)n1CC2. The van der Waals surface area contributed by atoms with Crippen LogP contribution in [0.15, 0.2) is 41.2 Å². The van der Waals surface area contributed by atoms with E-state index in [9.17, 15) is 4.79 Å². The Labute approximate surface area is 167 Å². The van der Waals surface area contributed by atoms with Crippen molar-refractivity contribution in [3.05, 3.63) is 63.0 Å². The van der Waals surface area contributed by atoms with Crippen molar-refractivity contribution in [3.8, 4) is 22.8 Å². The second-order valence-electron chi connectivity index (χ2n) is 6.66. The number of nitrogens with one attached hydrogen (secondary N) is 1. The van der Waals surface area contributed by atoms with Gasteiger partial charge in [-0.25, -0.2) is 4.79 Å². The summed E-state index contributed by atoms with van der Waals surface area (Å²) in [5.41, 5.74) is 4.30. The van der Waals surface area contributed by atoms with Crippen LogP contribution in [-0.4, -0.2) is 23.8 Å². The van der Waals surface area contributed by atoms with Crippen LogP contribution in [0.4, 0.5) is 11.5 Å². The first-order valence-corrected chi connectivity index (χ1v) is 9.28. The standard InChI is InChI=1S/C21H20ClN3O3/c1-12-4-5-14(9-16(12)22)23-20-11-17-15-10-19(28-3)18(27-2)8-13(15)6-7-25(17)21(26)24-20/h4-5,8-11H,6-7H2,1-3H3,(H,23,24,26). The number of halogens is 1. The number of aryl methyl sites for hydroxylation is 2. The maximum absolute atomic E-state index is 12.6. The van der Waals surface area contributed by atoms with Gasteiger partial charge in [0.15, 0.2) is 11.5 Å². The van der Waals surface area contributed by atoms with E-state index in [1.807, 2.05) is 43.3 Å². The molecule has 1 N–H and O–H groups in total. The molecule has 1 aromatic heterocycles. The van der Waals surface area contributed by atoms with Crippen molar-refractivity contribution >= 4 is 23.1 Å². The molecule has 7 heteroatoms. The van der Waals surface area contributed by atoms with E-state index in [-0.39, 0.29) is 5.69 Å². The zero-order chi connectivity index (χ0) is 19.8. The molecular weight excluding hydrogens is 378 g/mol. The average molecular weight is 398 g/mol. The minimum absolute atomic E-state index is 0.293. The van der Waals surface area contributed by atoms with Gasteiger partial charge in [-0.1, -0.05) is 17.7 Å². The summed E-state index contributed by atoms with van der Waals surface area (Å²) in [5.74, 6) is 1.77. The Hall–Kier alpha value is -2.99. The van der Waals surface area contributed by atoms with Gasteiger partial charge in [-0.05, 0) is 48.7 Å². The van der Waals surface area contributed by atoms with Gasteiger partial charge >= 0.3 is 5.69 Å². The first-order valence-electron chi connectivity index (χ1n) is 8.90. The van der Waals surface area contributed by atoms with Crippen molar-refractivity contribution in [2.45, 2.75) is 19.9 Å². The van der Waals surface area contributed by atoms with E-state index in [4.69, 9.17) is 21.1 Å². The van der Waals surface area contributed by atoms with Gasteiger partial charge in [0.25, 0.3) is 0 Å². The fraction of sp³-hybridized carbons (Fsp3) is 0.238. The Bertz CT molecular complexity index is 1120. The number of benzene rings is 2. The van der Waals surface area contributed by atoms with E-state index in [0.717, 1.165) is 34.5 Å². The molecule has 1 aliphatic heterocycles. The summed E-state index contributed by atoms with van der Waals surface area (Å²) in [6, 6.07) is 11.4. The minimum atomic E-state index is -0.293. The summed E-state index contributed by atoms with van der Waals surface area (Å²) in [7, 11) is 3.21. The molecule has 4 rings (SSSR count). The van der Waals surface area contributed by atoms with Crippen LogP contribution in [0.2, 0.25) is 5.02 Å². The molecule has 0 aliphatic carbocycles. The molecule has 2 aromatic carbocycles. The number of aromatic nitrogens is 2. The lowest BCUT2D eigenvalue weighted by Crippen LogP contribution is -2.28. The van der Waals surface area contributed by atoms with Gasteiger partial charge in [0.2, 0.25) is 0 Å². The fourth-order valence-corrected chi connectivity index (χ4v) is 3.61. The van der Waals surface area contributed by atoms with Crippen LogP contribution >= 0.6 is 11.6 Å². The molecule has 0 saturated heterocycles. The highest BCUT2D eigenvalue weighted by atomic mass is 35.5. The Morgan fingerprint density at radius 2 is 1.86 bits per heavy atom. The zero-order valence-corrected chi connectivity index (χ0v) is 16.6. The molecule has 0 radical (unpaired) electrons. The third-order valence-electron chi connectivity index (χ3n) is 4.95. The van der Waals surface area contributed by atoms with Crippen LogP contribution in [0.3, 0.4) is 0 Å². The van der Waals surface area contributed by atoms with Gasteiger partial charge in [-0.2, -0.15) is 4.98 Å². The molecule has 3 aromatic rings. The van der Waals surface area contributed by atoms with E-state index in [2.05, 4.69) is 10.3 Å². The Balaban J connectivity index is 1.80.